The Balaban J connectivity index is 1.41. The predicted molar refractivity (Wildman–Crippen MR) is 105 cm³/mol. The number of hydrogen-bond acceptors (Lipinski definition) is 5. The van der Waals surface area contributed by atoms with Crippen molar-refractivity contribution < 1.29 is 8.42 Å². The molecule has 2 atom stereocenters. The molecule has 0 bridgehead atoms. The van der Waals surface area contributed by atoms with Crippen molar-refractivity contribution in [2.45, 2.75) is 70.5 Å². The Kier molecular flexibility index (Phi) is 5.13. The molecule has 0 amide bonds. The molecule has 0 aromatic carbocycles. The van der Waals surface area contributed by atoms with Gasteiger partial charge < -0.3 is 15.2 Å². The van der Waals surface area contributed by atoms with Crippen LogP contribution < -0.4 is 10.6 Å². The predicted octanol–water partition coefficient (Wildman–Crippen LogP) is 0.849. The van der Waals surface area contributed by atoms with Gasteiger partial charge >= 0.3 is 0 Å². The number of aliphatic imine (C=N–C) groups is 1. The van der Waals surface area contributed by atoms with Crippen molar-refractivity contribution in [2.75, 3.05) is 18.1 Å². The molecule has 2 fully saturated rings. The quantitative estimate of drug-likeness (QED) is 0.567. The van der Waals surface area contributed by atoms with Gasteiger partial charge in [-0.1, -0.05) is 13.8 Å². The molecule has 3 aliphatic rings. The molecular weight excluding hydrogens is 364 g/mol. The van der Waals surface area contributed by atoms with Crippen molar-refractivity contribution in [3.8, 4) is 0 Å². The van der Waals surface area contributed by atoms with E-state index in [1.165, 1.54) is 12.8 Å². The zero-order valence-electron chi connectivity index (χ0n) is 16.2. The van der Waals surface area contributed by atoms with E-state index < -0.39 is 9.84 Å². The molecular formula is C18H30N6O2S. The molecule has 1 aliphatic carbocycles. The van der Waals surface area contributed by atoms with Crippen LogP contribution >= 0.6 is 0 Å². The number of hydrogen-bond donors (Lipinski definition) is 2. The summed E-state index contributed by atoms with van der Waals surface area (Å²) >= 11 is 0. The van der Waals surface area contributed by atoms with Crippen LogP contribution in [0, 0.1) is 5.92 Å². The maximum atomic E-state index is 11.7. The Bertz CT molecular complexity index is 812. The van der Waals surface area contributed by atoms with Crippen LogP contribution in [0.3, 0.4) is 0 Å². The molecule has 150 valence electrons. The van der Waals surface area contributed by atoms with E-state index in [0.717, 1.165) is 43.4 Å². The number of aryl methyl sites for hydroxylation is 1. The van der Waals surface area contributed by atoms with E-state index >= 15 is 0 Å². The molecule has 2 aliphatic heterocycles. The van der Waals surface area contributed by atoms with Crippen molar-refractivity contribution in [3.05, 3.63) is 11.6 Å². The van der Waals surface area contributed by atoms with E-state index in [0.29, 0.717) is 24.3 Å². The zero-order valence-corrected chi connectivity index (χ0v) is 17.0. The van der Waals surface area contributed by atoms with Crippen molar-refractivity contribution >= 4 is 15.8 Å². The third-order valence-electron chi connectivity index (χ3n) is 5.59. The molecule has 27 heavy (non-hydrogen) atoms. The molecule has 2 unspecified atom stereocenters. The first-order chi connectivity index (χ1) is 12.9. The number of rotatable bonds is 5. The van der Waals surface area contributed by atoms with Crippen LogP contribution in [0.25, 0.3) is 0 Å². The minimum absolute atomic E-state index is 0.149. The number of fused-ring (bicyclic) bond motifs is 1. The van der Waals surface area contributed by atoms with Gasteiger partial charge in [0.2, 0.25) is 0 Å². The molecule has 2 N–H and O–H groups in total. The lowest BCUT2D eigenvalue weighted by Crippen LogP contribution is -2.48. The Labute approximate surface area is 161 Å². The summed E-state index contributed by atoms with van der Waals surface area (Å²) < 4.78 is 25.6. The number of aromatic nitrogens is 3. The molecule has 1 aromatic rings. The van der Waals surface area contributed by atoms with Crippen LogP contribution in [-0.2, 0) is 22.8 Å². The Morgan fingerprint density at radius 3 is 2.63 bits per heavy atom. The van der Waals surface area contributed by atoms with Gasteiger partial charge in [0.05, 0.1) is 11.5 Å². The van der Waals surface area contributed by atoms with Crippen LogP contribution in [0.2, 0.25) is 0 Å². The number of sulfone groups is 1. The molecule has 0 radical (unpaired) electrons. The van der Waals surface area contributed by atoms with Gasteiger partial charge in [-0.25, -0.2) is 8.42 Å². The highest BCUT2D eigenvalue weighted by atomic mass is 32.2. The number of guanidine groups is 1. The summed E-state index contributed by atoms with van der Waals surface area (Å²) in [7, 11) is -2.85. The van der Waals surface area contributed by atoms with Gasteiger partial charge in [0, 0.05) is 37.5 Å². The minimum Gasteiger partial charge on any atom is -0.354 e. The second-order valence-electron chi connectivity index (χ2n) is 8.50. The van der Waals surface area contributed by atoms with Gasteiger partial charge in [-0.05, 0) is 31.6 Å². The standard InChI is InChI=1S/C18H30N6O2S/c1-12(2)17-23-22-16-6-5-15(10-24(16)17)21-18(20-14-3-4-14)19-9-13-7-8-27(25,26)11-13/h12-15H,3-11H2,1-2H3,(H2,19,20,21). The molecule has 4 rings (SSSR count). The topological polar surface area (TPSA) is 101 Å². The van der Waals surface area contributed by atoms with Gasteiger partial charge in [-0.3, -0.25) is 4.99 Å². The van der Waals surface area contributed by atoms with Crippen LogP contribution in [-0.4, -0.2) is 59.3 Å². The summed E-state index contributed by atoms with van der Waals surface area (Å²) in [6, 6.07) is 0.784. The third-order valence-corrected chi connectivity index (χ3v) is 7.42. The highest BCUT2D eigenvalue weighted by Crippen LogP contribution is 2.22. The summed E-state index contributed by atoms with van der Waals surface area (Å²) in [4.78, 5) is 4.74. The van der Waals surface area contributed by atoms with Gasteiger partial charge in [0.1, 0.15) is 11.6 Å². The fourth-order valence-corrected chi connectivity index (χ4v) is 5.73. The lowest BCUT2D eigenvalue weighted by atomic mass is 10.1. The number of nitrogens with zero attached hydrogens (tertiary/aromatic N) is 4. The average Bonchev–Trinajstić information content (AvgIpc) is 3.20. The molecule has 8 nitrogen and oxygen atoms in total. The van der Waals surface area contributed by atoms with Gasteiger partial charge in [-0.2, -0.15) is 0 Å². The zero-order chi connectivity index (χ0) is 19.0. The fraction of sp³-hybridized carbons (Fsp3) is 0.833. The Morgan fingerprint density at radius 2 is 1.96 bits per heavy atom. The average molecular weight is 395 g/mol. The highest BCUT2D eigenvalue weighted by Gasteiger charge is 2.29. The number of nitrogens with one attached hydrogen (secondary N) is 2. The SMILES string of the molecule is CC(C)c1nnc2n1CC(NC(=NCC1CCS(=O)(=O)C1)NC1CC1)CC2. The summed E-state index contributed by atoms with van der Waals surface area (Å²) in [5.41, 5.74) is 0. The van der Waals surface area contributed by atoms with E-state index in [9.17, 15) is 8.42 Å². The molecule has 9 heteroatoms. The second kappa shape index (κ2) is 7.41. The first kappa shape index (κ1) is 18.7. The summed E-state index contributed by atoms with van der Waals surface area (Å²) in [6.07, 6.45) is 4.99. The summed E-state index contributed by atoms with van der Waals surface area (Å²) in [5.74, 6) is 4.03. The normalized spacial score (nSPS) is 27.6. The van der Waals surface area contributed by atoms with Crippen molar-refractivity contribution in [3.63, 3.8) is 0 Å². The van der Waals surface area contributed by atoms with Crippen LogP contribution in [0.15, 0.2) is 4.99 Å². The van der Waals surface area contributed by atoms with E-state index in [1.54, 1.807) is 0 Å². The highest BCUT2D eigenvalue weighted by molar-refractivity contribution is 7.91. The van der Waals surface area contributed by atoms with Crippen LogP contribution in [0.1, 0.15) is 57.1 Å². The van der Waals surface area contributed by atoms with Gasteiger partial charge in [0.15, 0.2) is 15.8 Å². The molecule has 1 saturated carbocycles. The first-order valence-corrected chi connectivity index (χ1v) is 11.9. The minimum atomic E-state index is -2.85. The molecule has 0 spiro atoms. The molecule has 3 heterocycles. The Hall–Kier alpha value is -1.64. The van der Waals surface area contributed by atoms with Gasteiger partial charge in [-0.15, -0.1) is 10.2 Å². The van der Waals surface area contributed by atoms with E-state index in [1.807, 2.05) is 0 Å². The molecule has 1 saturated heterocycles. The lowest BCUT2D eigenvalue weighted by Gasteiger charge is -2.27. The summed E-state index contributed by atoms with van der Waals surface area (Å²) in [5, 5.41) is 15.8. The second-order valence-corrected chi connectivity index (χ2v) is 10.7. The van der Waals surface area contributed by atoms with Crippen molar-refractivity contribution in [2.24, 2.45) is 10.9 Å². The van der Waals surface area contributed by atoms with Crippen molar-refractivity contribution in [1.82, 2.24) is 25.4 Å². The van der Waals surface area contributed by atoms with E-state index in [-0.39, 0.29) is 17.7 Å². The Morgan fingerprint density at radius 1 is 1.19 bits per heavy atom. The maximum absolute atomic E-state index is 11.7. The monoisotopic (exact) mass is 394 g/mol. The van der Waals surface area contributed by atoms with Crippen LogP contribution in [0.4, 0.5) is 0 Å². The van der Waals surface area contributed by atoms with Crippen molar-refractivity contribution in [1.29, 1.82) is 0 Å². The lowest BCUT2D eigenvalue weighted by molar-refractivity contribution is 0.407. The van der Waals surface area contributed by atoms with E-state index in [4.69, 9.17) is 4.99 Å². The summed E-state index contributed by atoms with van der Waals surface area (Å²) in [6.45, 7) is 5.71. The van der Waals surface area contributed by atoms with E-state index in [2.05, 4.69) is 39.2 Å². The largest absolute Gasteiger partial charge is 0.354 e. The van der Waals surface area contributed by atoms with Gasteiger partial charge in [0.25, 0.3) is 0 Å². The van der Waals surface area contributed by atoms with Crippen LogP contribution in [0.5, 0.6) is 0 Å². The fourth-order valence-electron chi connectivity index (χ4n) is 3.88. The maximum Gasteiger partial charge on any atom is 0.191 e. The smallest absolute Gasteiger partial charge is 0.191 e. The first-order valence-electron chi connectivity index (χ1n) is 10.1. The molecule has 1 aromatic heterocycles. The third kappa shape index (κ3) is 4.62.